The van der Waals surface area contributed by atoms with Crippen LogP contribution >= 0.6 is 23.3 Å². The zero-order valence-corrected chi connectivity index (χ0v) is 13.3. The van der Waals surface area contributed by atoms with Crippen LogP contribution < -0.4 is 0 Å². The van der Waals surface area contributed by atoms with Gasteiger partial charge in [0.05, 0.1) is 22.3 Å². The Hall–Kier alpha value is -1.61. The SMILES string of the molecule is ON(Cc1ccc(C(F)(F)F)cc1)Sc1nc2ccccc2s1. The van der Waals surface area contributed by atoms with Crippen LogP contribution in [0.3, 0.4) is 0 Å². The van der Waals surface area contributed by atoms with Crippen molar-refractivity contribution in [1.29, 1.82) is 0 Å². The van der Waals surface area contributed by atoms with Gasteiger partial charge in [0, 0.05) is 11.9 Å². The van der Waals surface area contributed by atoms with Gasteiger partial charge >= 0.3 is 6.18 Å². The molecule has 0 bridgehead atoms. The van der Waals surface area contributed by atoms with E-state index < -0.39 is 11.7 Å². The van der Waals surface area contributed by atoms with Crippen molar-refractivity contribution < 1.29 is 18.4 Å². The van der Waals surface area contributed by atoms with Crippen molar-refractivity contribution in [1.82, 2.24) is 9.45 Å². The molecule has 120 valence electrons. The zero-order chi connectivity index (χ0) is 16.4. The quantitative estimate of drug-likeness (QED) is 0.514. The van der Waals surface area contributed by atoms with E-state index in [4.69, 9.17) is 0 Å². The maximum absolute atomic E-state index is 12.5. The van der Waals surface area contributed by atoms with E-state index in [0.29, 0.717) is 9.90 Å². The molecule has 1 aromatic heterocycles. The molecule has 2 aromatic carbocycles. The van der Waals surface area contributed by atoms with Gasteiger partial charge in [-0.1, -0.05) is 24.3 Å². The van der Waals surface area contributed by atoms with Gasteiger partial charge in [-0.2, -0.15) is 13.2 Å². The summed E-state index contributed by atoms with van der Waals surface area (Å²) in [5.41, 5.74) is 0.724. The maximum Gasteiger partial charge on any atom is 0.416 e. The number of para-hydroxylation sites is 1. The molecule has 0 unspecified atom stereocenters. The van der Waals surface area contributed by atoms with E-state index in [9.17, 15) is 18.4 Å². The molecule has 0 amide bonds. The molecule has 0 fully saturated rings. The summed E-state index contributed by atoms with van der Waals surface area (Å²) in [5.74, 6) is 0. The molecule has 0 atom stereocenters. The van der Waals surface area contributed by atoms with Gasteiger partial charge < -0.3 is 5.21 Å². The fourth-order valence-electron chi connectivity index (χ4n) is 1.97. The third-order valence-corrected chi connectivity index (χ3v) is 4.95. The van der Waals surface area contributed by atoms with Gasteiger partial charge in [0.25, 0.3) is 0 Å². The molecule has 3 rings (SSSR count). The van der Waals surface area contributed by atoms with Crippen LogP contribution in [-0.4, -0.2) is 14.7 Å². The van der Waals surface area contributed by atoms with Gasteiger partial charge in [0.15, 0.2) is 4.34 Å². The van der Waals surface area contributed by atoms with Gasteiger partial charge in [-0.3, -0.25) is 0 Å². The number of rotatable bonds is 4. The van der Waals surface area contributed by atoms with Crippen LogP contribution in [0.4, 0.5) is 13.2 Å². The Labute approximate surface area is 138 Å². The third kappa shape index (κ3) is 4.03. The smallest absolute Gasteiger partial charge is 0.303 e. The lowest BCUT2D eigenvalue weighted by molar-refractivity contribution is -0.137. The van der Waals surface area contributed by atoms with Gasteiger partial charge in [-0.15, -0.1) is 15.8 Å². The van der Waals surface area contributed by atoms with Crippen molar-refractivity contribution in [3.8, 4) is 0 Å². The highest BCUT2D eigenvalue weighted by atomic mass is 32.2. The van der Waals surface area contributed by atoms with E-state index in [-0.39, 0.29) is 6.54 Å². The van der Waals surface area contributed by atoms with E-state index in [2.05, 4.69) is 4.98 Å². The molecule has 3 nitrogen and oxygen atoms in total. The van der Waals surface area contributed by atoms with Crippen LogP contribution in [0, 0.1) is 0 Å². The van der Waals surface area contributed by atoms with Crippen LogP contribution in [0.15, 0.2) is 52.9 Å². The minimum absolute atomic E-state index is 0.0960. The molecule has 0 spiro atoms. The van der Waals surface area contributed by atoms with Crippen molar-refractivity contribution >= 4 is 33.5 Å². The van der Waals surface area contributed by atoms with E-state index in [0.717, 1.165) is 38.8 Å². The van der Waals surface area contributed by atoms with Crippen LogP contribution in [0.5, 0.6) is 0 Å². The molecule has 23 heavy (non-hydrogen) atoms. The number of nitrogens with zero attached hydrogens (tertiary/aromatic N) is 2. The molecular formula is C15H11F3N2OS2. The lowest BCUT2D eigenvalue weighted by Gasteiger charge is -2.12. The topological polar surface area (TPSA) is 36.4 Å². The minimum Gasteiger partial charge on any atom is -0.303 e. The average molecular weight is 356 g/mol. The monoisotopic (exact) mass is 356 g/mol. The summed E-state index contributed by atoms with van der Waals surface area (Å²) >= 11 is 2.49. The molecule has 0 radical (unpaired) electrons. The predicted molar refractivity (Wildman–Crippen MR) is 84.3 cm³/mol. The molecule has 1 N–H and O–H groups in total. The molecule has 0 aliphatic heterocycles. The fourth-order valence-corrected chi connectivity index (χ4v) is 3.87. The highest BCUT2D eigenvalue weighted by Gasteiger charge is 2.29. The van der Waals surface area contributed by atoms with Crippen molar-refractivity contribution in [2.75, 3.05) is 0 Å². The molecule has 3 aromatic rings. The zero-order valence-electron chi connectivity index (χ0n) is 11.6. The first-order valence-corrected chi connectivity index (χ1v) is 8.17. The van der Waals surface area contributed by atoms with Gasteiger partial charge in [0.2, 0.25) is 0 Å². The molecule has 0 saturated carbocycles. The second-order valence-electron chi connectivity index (χ2n) is 4.74. The number of halogens is 3. The van der Waals surface area contributed by atoms with Crippen molar-refractivity contribution in [3.05, 3.63) is 59.7 Å². The predicted octanol–water partition coefficient (Wildman–Crippen LogP) is 5.21. The summed E-state index contributed by atoms with van der Waals surface area (Å²) in [6.45, 7) is 0.0960. The number of alkyl halides is 3. The summed E-state index contributed by atoms with van der Waals surface area (Å²) in [6, 6.07) is 12.3. The Kier molecular flexibility index (Phi) is 4.58. The van der Waals surface area contributed by atoms with Crippen LogP contribution in [0.2, 0.25) is 0 Å². The van der Waals surface area contributed by atoms with E-state index in [1.165, 1.54) is 23.5 Å². The first-order chi connectivity index (χ1) is 10.9. The van der Waals surface area contributed by atoms with E-state index in [1.807, 2.05) is 24.3 Å². The number of thiazole rings is 1. The number of hydrogen-bond donors (Lipinski definition) is 1. The molecule has 0 aliphatic rings. The highest BCUT2D eigenvalue weighted by molar-refractivity contribution is 7.98. The van der Waals surface area contributed by atoms with Crippen molar-refractivity contribution in [3.63, 3.8) is 0 Å². The molecule has 0 saturated heterocycles. The molecule has 0 aliphatic carbocycles. The number of aromatic nitrogens is 1. The molecule has 1 heterocycles. The van der Waals surface area contributed by atoms with Gasteiger partial charge in [-0.25, -0.2) is 4.98 Å². The standard InChI is InChI=1S/C15H11F3N2OS2/c16-15(17,18)11-7-5-10(6-8-11)9-20(21)23-14-19-12-3-1-2-4-13(12)22-14/h1-8,21H,9H2. The number of hydroxylamine groups is 1. The third-order valence-electron chi connectivity index (χ3n) is 3.06. The first-order valence-electron chi connectivity index (χ1n) is 6.58. The Morgan fingerprint density at radius 2 is 1.78 bits per heavy atom. The summed E-state index contributed by atoms with van der Waals surface area (Å²) in [6.07, 6.45) is -4.35. The van der Waals surface area contributed by atoms with Crippen LogP contribution in [0.1, 0.15) is 11.1 Å². The second kappa shape index (κ2) is 6.48. The lowest BCUT2D eigenvalue weighted by atomic mass is 10.1. The van der Waals surface area contributed by atoms with E-state index >= 15 is 0 Å². The Balaban J connectivity index is 1.65. The number of benzene rings is 2. The minimum atomic E-state index is -4.35. The number of hydrogen-bond acceptors (Lipinski definition) is 5. The molecule has 8 heteroatoms. The van der Waals surface area contributed by atoms with Crippen molar-refractivity contribution in [2.45, 2.75) is 17.1 Å². The maximum atomic E-state index is 12.5. The van der Waals surface area contributed by atoms with Gasteiger partial charge in [-0.05, 0) is 29.8 Å². The molecular weight excluding hydrogens is 345 g/mol. The van der Waals surface area contributed by atoms with E-state index in [1.54, 1.807) is 0 Å². The second-order valence-corrected chi connectivity index (χ2v) is 7.02. The Morgan fingerprint density at radius 1 is 1.09 bits per heavy atom. The highest BCUT2D eigenvalue weighted by Crippen LogP contribution is 2.32. The fraction of sp³-hybridized carbons (Fsp3) is 0.133. The Morgan fingerprint density at radius 3 is 2.43 bits per heavy atom. The summed E-state index contributed by atoms with van der Waals surface area (Å²) in [5, 5.41) is 9.95. The average Bonchev–Trinajstić information content (AvgIpc) is 2.88. The van der Waals surface area contributed by atoms with Gasteiger partial charge in [0.1, 0.15) is 0 Å². The summed E-state index contributed by atoms with van der Waals surface area (Å²) in [7, 11) is 0. The Bertz CT molecular complexity index is 769. The largest absolute Gasteiger partial charge is 0.416 e. The lowest BCUT2D eigenvalue weighted by Crippen LogP contribution is -2.10. The normalized spacial score (nSPS) is 12.2. The first kappa shape index (κ1) is 16.3. The summed E-state index contributed by atoms with van der Waals surface area (Å²) < 4.78 is 40.1. The number of fused-ring (bicyclic) bond motifs is 1. The van der Waals surface area contributed by atoms with Crippen LogP contribution in [0.25, 0.3) is 10.2 Å². The summed E-state index contributed by atoms with van der Waals surface area (Å²) in [4.78, 5) is 4.37. The van der Waals surface area contributed by atoms with Crippen molar-refractivity contribution in [2.24, 2.45) is 0 Å². The van der Waals surface area contributed by atoms with Crippen LogP contribution in [-0.2, 0) is 12.7 Å².